The third-order valence-electron chi connectivity index (χ3n) is 2.09. The maximum absolute atomic E-state index is 10.9. The van der Waals surface area contributed by atoms with Gasteiger partial charge in [0.2, 0.25) is 0 Å². The zero-order chi connectivity index (χ0) is 7.56. The van der Waals surface area contributed by atoms with Crippen LogP contribution >= 0.6 is 22.6 Å². The molecule has 0 atom stereocenters. The summed E-state index contributed by atoms with van der Waals surface area (Å²) in [7, 11) is 0. The molecule has 0 aromatic rings. The fraction of sp³-hybridized carbons (Fsp3) is 0.857. The maximum atomic E-state index is 10.9. The van der Waals surface area contributed by atoms with Crippen molar-refractivity contribution in [1.29, 1.82) is 0 Å². The van der Waals surface area contributed by atoms with Crippen LogP contribution in [-0.4, -0.2) is 9.83 Å². The van der Waals surface area contributed by atoms with Gasteiger partial charge in [0.05, 0.1) is 0 Å². The summed E-state index contributed by atoms with van der Waals surface area (Å²) in [6.07, 6.45) is 4.06. The zero-order valence-corrected chi connectivity index (χ0v) is 8.00. The monoisotopic (exact) mass is 253 g/mol. The van der Waals surface area contributed by atoms with Crippen molar-refractivity contribution in [2.75, 3.05) is 0 Å². The first-order valence-electron chi connectivity index (χ1n) is 3.65. The molecule has 0 unspecified atom stereocenters. The van der Waals surface area contributed by atoms with Gasteiger partial charge in [0.25, 0.3) is 0 Å². The van der Waals surface area contributed by atoms with Crippen molar-refractivity contribution in [1.82, 2.24) is 0 Å². The van der Waals surface area contributed by atoms with Gasteiger partial charge < -0.3 is 5.73 Å². The molecule has 2 N–H and O–H groups in total. The molecule has 0 amide bonds. The van der Waals surface area contributed by atoms with Crippen LogP contribution in [0.15, 0.2) is 0 Å². The number of halogens is 1. The number of nitrogens with two attached hydrogens (primary N) is 1. The highest BCUT2D eigenvalue weighted by atomic mass is 127. The van der Waals surface area contributed by atoms with Gasteiger partial charge in [-0.3, -0.25) is 4.79 Å². The lowest BCUT2D eigenvalue weighted by Crippen LogP contribution is -2.28. The van der Waals surface area contributed by atoms with E-state index < -0.39 is 0 Å². The van der Waals surface area contributed by atoms with Crippen molar-refractivity contribution in [3.05, 3.63) is 0 Å². The smallest absolute Gasteiger partial charge is 0.195 e. The van der Waals surface area contributed by atoms with Crippen LogP contribution in [0.25, 0.3) is 0 Å². The normalized spacial score (nSPS) is 33.8. The Kier molecular flexibility index (Phi) is 3.10. The quantitative estimate of drug-likeness (QED) is 0.568. The van der Waals surface area contributed by atoms with E-state index in [1.54, 1.807) is 0 Å². The lowest BCUT2D eigenvalue weighted by Gasteiger charge is -2.22. The number of rotatable bonds is 1. The first kappa shape index (κ1) is 8.46. The van der Waals surface area contributed by atoms with E-state index in [9.17, 15) is 4.79 Å². The molecular formula is C7H12INO. The van der Waals surface area contributed by atoms with Crippen molar-refractivity contribution < 1.29 is 4.79 Å². The Bertz CT molecular complexity index is 130. The standard InChI is InChI=1S/C7H12INO/c8-7(10)5-1-3-6(9)4-2-5/h5-6H,1-4,9H2. The molecule has 0 saturated heterocycles. The first-order valence-corrected chi connectivity index (χ1v) is 4.73. The lowest BCUT2D eigenvalue weighted by molar-refractivity contribution is -0.113. The van der Waals surface area contributed by atoms with Crippen molar-refractivity contribution in [3.63, 3.8) is 0 Å². The van der Waals surface area contributed by atoms with Crippen LogP contribution in [0.2, 0.25) is 0 Å². The Morgan fingerprint density at radius 3 is 2.20 bits per heavy atom. The molecule has 1 aliphatic rings. The molecule has 1 fully saturated rings. The SMILES string of the molecule is NC1CCC(C(=O)I)CC1. The minimum absolute atomic E-state index is 0.306. The summed E-state index contributed by atoms with van der Waals surface area (Å²) in [5.74, 6) is 0.306. The molecule has 2 nitrogen and oxygen atoms in total. The molecule has 3 heteroatoms. The van der Waals surface area contributed by atoms with E-state index in [-0.39, 0.29) is 0 Å². The summed E-state index contributed by atoms with van der Waals surface area (Å²) in [4.78, 5) is 10.9. The second-order valence-corrected chi connectivity index (χ2v) is 3.98. The molecule has 1 aliphatic carbocycles. The van der Waals surface area contributed by atoms with Crippen LogP contribution in [0.3, 0.4) is 0 Å². The molecular weight excluding hydrogens is 241 g/mol. The summed E-state index contributed by atoms with van der Waals surface area (Å²) in [6, 6.07) is 0.354. The van der Waals surface area contributed by atoms with Crippen LogP contribution in [0.5, 0.6) is 0 Å². The molecule has 10 heavy (non-hydrogen) atoms. The molecule has 58 valence electrons. The highest BCUT2D eigenvalue weighted by Crippen LogP contribution is 2.25. The number of carbonyl (C=O) groups excluding carboxylic acids is 1. The average molecular weight is 253 g/mol. The van der Waals surface area contributed by atoms with E-state index in [2.05, 4.69) is 0 Å². The second kappa shape index (κ2) is 3.67. The molecule has 1 rings (SSSR count). The highest BCUT2D eigenvalue weighted by molar-refractivity contribution is 14.1. The Hall–Kier alpha value is 0.360. The van der Waals surface area contributed by atoms with Crippen LogP contribution in [0, 0.1) is 5.92 Å². The van der Waals surface area contributed by atoms with Crippen LogP contribution in [-0.2, 0) is 4.79 Å². The minimum Gasteiger partial charge on any atom is -0.328 e. The van der Waals surface area contributed by atoms with Crippen molar-refractivity contribution in [2.24, 2.45) is 11.7 Å². The highest BCUT2D eigenvalue weighted by Gasteiger charge is 2.22. The zero-order valence-electron chi connectivity index (χ0n) is 5.85. The molecule has 0 aromatic carbocycles. The molecule has 0 spiro atoms. The number of carbonyl (C=O) groups is 1. The summed E-state index contributed by atoms with van der Waals surface area (Å²) < 4.78 is 0.310. The van der Waals surface area contributed by atoms with Gasteiger partial charge >= 0.3 is 0 Å². The molecule has 0 aliphatic heterocycles. The molecule has 1 saturated carbocycles. The van der Waals surface area contributed by atoms with Gasteiger partial charge in [-0.25, -0.2) is 0 Å². The minimum atomic E-state index is 0.306. The Balaban J connectivity index is 2.33. The van der Waals surface area contributed by atoms with E-state index in [0.717, 1.165) is 25.7 Å². The summed E-state index contributed by atoms with van der Waals surface area (Å²) >= 11 is 1.89. The topological polar surface area (TPSA) is 43.1 Å². The van der Waals surface area contributed by atoms with Gasteiger partial charge in [0, 0.05) is 12.0 Å². The number of hydrogen-bond donors (Lipinski definition) is 1. The fourth-order valence-corrected chi connectivity index (χ4v) is 1.97. The third-order valence-corrected chi connectivity index (χ3v) is 2.97. The van der Waals surface area contributed by atoms with Crippen molar-refractivity contribution in [2.45, 2.75) is 31.7 Å². The van der Waals surface area contributed by atoms with Gasteiger partial charge in [-0.15, -0.1) is 0 Å². The Labute approximate surface area is 74.7 Å². The molecule has 0 aromatic heterocycles. The molecule has 0 radical (unpaired) electrons. The van der Waals surface area contributed by atoms with Gasteiger partial charge in [0.15, 0.2) is 3.79 Å². The van der Waals surface area contributed by atoms with Crippen molar-refractivity contribution in [3.8, 4) is 0 Å². The van der Waals surface area contributed by atoms with Crippen molar-refractivity contribution >= 4 is 26.4 Å². The summed E-state index contributed by atoms with van der Waals surface area (Å²) in [5.41, 5.74) is 5.68. The number of hydrogen-bond acceptors (Lipinski definition) is 2. The Morgan fingerprint density at radius 1 is 1.30 bits per heavy atom. The van der Waals surface area contributed by atoms with Gasteiger partial charge in [-0.2, -0.15) is 0 Å². The van der Waals surface area contributed by atoms with E-state index in [1.165, 1.54) is 0 Å². The maximum Gasteiger partial charge on any atom is 0.195 e. The summed E-state index contributed by atoms with van der Waals surface area (Å²) in [5, 5.41) is 0. The fourth-order valence-electron chi connectivity index (χ4n) is 1.35. The largest absolute Gasteiger partial charge is 0.328 e. The van der Waals surface area contributed by atoms with Crippen LogP contribution in [0.4, 0.5) is 0 Å². The third kappa shape index (κ3) is 2.20. The molecule has 0 bridgehead atoms. The van der Waals surface area contributed by atoms with Crippen LogP contribution < -0.4 is 5.73 Å². The van der Waals surface area contributed by atoms with Gasteiger partial charge in [-0.1, -0.05) is 0 Å². The van der Waals surface area contributed by atoms with E-state index >= 15 is 0 Å². The summed E-state index contributed by atoms with van der Waals surface area (Å²) in [6.45, 7) is 0. The van der Waals surface area contributed by atoms with Crippen LogP contribution in [0.1, 0.15) is 25.7 Å². The van der Waals surface area contributed by atoms with Gasteiger partial charge in [0.1, 0.15) is 0 Å². The van der Waals surface area contributed by atoms with E-state index in [0.29, 0.717) is 15.7 Å². The van der Waals surface area contributed by atoms with Gasteiger partial charge in [-0.05, 0) is 48.3 Å². The molecule has 0 heterocycles. The van der Waals surface area contributed by atoms with E-state index in [4.69, 9.17) is 5.73 Å². The van der Waals surface area contributed by atoms with E-state index in [1.807, 2.05) is 22.6 Å². The average Bonchev–Trinajstić information content (AvgIpc) is 1.88. The predicted molar refractivity (Wildman–Crippen MR) is 49.0 cm³/mol. The lowest BCUT2D eigenvalue weighted by atomic mass is 9.87. The Morgan fingerprint density at radius 2 is 1.80 bits per heavy atom. The first-order chi connectivity index (χ1) is 4.70. The predicted octanol–water partition coefficient (Wildman–Crippen LogP) is 1.47. The second-order valence-electron chi connectivity index (χ2n) is 2.92.